The van der Waals surface area contributed by atoms with Gasteiger partial charge in [-0.1, -0.05) is 13.8 Å². The molecule has 1 saturated carbocycles. The van der Waals surface area contributed by atoms with E-state index in [2.05, 4.69) is 34.2 Å². The van der Waals surface area contributed by atoms with Crippen LogP contribution in [0.1, 0.15) is 52.4 Å². The van der Waals surface area contributed by atoms with E-state index < -0.39 is 10.0 Å². The Morgan fingerprint density at radius 2 is 1.88 bits per heavy atom. The molecule has 1 aliphatic heterocycles. The van der Waals surface area contributed by atoms with Crippen LogP contribution in [0.3, 0.4) is 0 Å². The molecule has 0 radical (unpaired) electrons. The van der Waals surface area contributed by atoms with Crippen molar-refractivity contribution >= 4 is 16.0 Å². The van der Waals surface area contributed by atoms with Crippen LogP contribution in [0, 0.1) is 11.8 Å². The van der Waals surface area contributed by atoms with Crippen molar-refractivity contribution < 1.29 is 13.2 Å². The van der Waals surface area contributed by atoms with E-state index in [9.17, 15) is 8.42 Å². The van der Waals surface area contributed by atoms with E-state index in [4.69, 9.17) is 4.74 Å². The van der Waals surface area contributed by atoms with Crippen LogP contribution in [0.2, 0.25) is 0 Å². The predicted molar refractivity (Wildman–Crippen MR) is 106 cm³/mol. The van der Waals surface area contributed by atoms with Gasteiger partial charge in [-0.15, -0.1) is 0 Å². The van der Waals surface area contributed by atoms with Crippen molar-refractivity contribution in [3.63, 3.8) is 0 Å². The molecular weight excluding hydrogens is 352 g/mol. The number of rotatable bonds is 7. The Hall–Kier alpha value is -0.860. The van der Waals surface area contributed by atoms with Crippen molar-refractivity contribution in [2.45, 2.75) is 64.5 Å². The molecule has 26 heavy (non-hydrogen) atoms. The first-order chi connectivity index (χ1) is 12.4. The Morgan fingerprint density at radius 1 is 1.15 bits per heavy atom. The lowest BCUT2D eigenvalue weighted by Gasteiger charge is -2.32. The van der Waals surface area contributed by atoms with Crippen LogP contribution in [0.15, 0.2) is 4.99 Å². The third kappa shape index (κ3) is 7.80. The third-order valence-electron chi connectivity index (χ3n) is 5.21. The molecule has 152 valence electrons. The van der Waals surface area contributed by atoms with Gasteiger partial charge in [-0.25, -0.2) is 13.1 Å². The molecule has 2 rings (SSSR count). The largest absolute Gasteiger partial charge is 0.377 e. The van der Waals surface area contributed by atoms with Gasteiger partial charge in [-0.2, -0.15) is 0 Å². The van der Waals surface area contributed by atoms with E-state index in [0.717, 1.165) is 38.7 Å². The van der Waals surface area contributed by atoms with Gasteiger partial charge in [0.05, 0.1) is 11.9 Å². The van der Waals surface area contributed by atoms with Crippen LogP contribution in [-0.4, -0.2) is 59.0 Å². The molecule has 1 heterocycles. The summed E-state index contributed by atoms with van der Waals surface area (Å²) in [5.41, 5.74) is 0. The van der Waals surface area contributed by atoms with E-state index in [-0.39, 0.29) is 11.9 Å². The number of hydrogen-bond donors (Lipinski definition) is 3. The molecule has 3 N–H and O–H groups in total. The summed E-state index contributed by atoms with van der Waals surface area (Å²) in [5, 5.41) is 6.57. The van der Waals surface area contributed by atoms with Crippen molar-refractivity contribution in [1.29, 1.82) is 0 Å². The fourth-order valence-corrected chi connectivity index (χ4v) is 4.97. The fourth-order valence-electron chi connectivity index (χ4n) is 4.02. The van der Waals surface area contributed by atoms with E-state index in [1.165, 1.54) is 6.42 Å². The molecule has 7 nitrogen and oxygen atoms in total. The van der Waals surface area contributed by atoms with Gasteiger partial charge in [-0.05, 0) is 50.4 Å². The number of sulfonamides is 1. The first kappa shape index (κ1) is 21.4. The zero-order chi connectivity index (χ0) is 19.0. The molecule has 0 aromatic rings. The Balaban J connectivity index is 1.68. The topological polar surface area (TPSA) is 91.8 Å². The Labute approximate surface area is 158 Å². The summed E-state index contributed by atoms with van der Waals surface area (Å²) in [5.74, 6) is 2.13. The van der Waals surface area contributed by atoms with Gasteiger partial charge in [-0.3, -0.25) is 4.99 Å². The highest BCUT2D eigenvalue weighted by Gasteiger charge is 2.24. The minimum Gasteiger partial charge on any atom is -0.377 e. The monoisotopic (exact) mass is 388 g/mol. The van der Waals surface area contributed by atoms with Crippen LogP contribution in [-0.2, 0) is 14.8 Å². The zero-order valence-corrected chi connectivity index (χ0v) is 17.3. The second kappa shape index (κ2) is 10.5. The second-order valence-electron chi connectivity index (χ2n) is 7.91. The molecule has 0 aromatic carbocycles. The van der Waals surface area contributed by atoms with Gasteiger partial charge in [0.1, 0.15) is 0 Å². The summed E-state index contributed by atoms with van der Waals surface area (Å²) in [7, 11) is -1.59. The molecule has 1 aliphatic carbocycles. The lowest BCUT2D eigenvalue weighted by molar-refractivity contribution is 0.0200. The fraction of sp³-hybridized carbons (Fsp3) is 0.944. The number of nitrogens with one attached hydrogen (secondary N) is 3. The maximum atomic E-state index is 12.2. The average Bonchev–Trinajstić information content (AvgIpc) is 2.59. The first-order valence-corrected chi connectivity index (χ1v) is 11.6. The smallest absolute Gasteiger partial charge is 0.213 e. The van der Waals surface area contributed by atoms with E-state index in [1.807, 2.05) is 0 Å². The highest BCUT2D eigenvalue weighted by atomic mass is 32.2. The average molecular weight is 389 g/mol. The molecule has 2 aliphatic rings. The lowest BCUT2D eigenvalue weighted by atomic mass is 9.80. The van der Waals surface area contributed by atoms with E-state index in [0.29, 0.717) is 36.9 Å². The van der Waals surface area contributed by atoms with Crippen molar-refractivity contribution in [2.75, 3.05) is 32.5 Å². The number of nitrogens with zero attached hydrogens (tertiary/aromatic N) is 1. The number of ether oxygens (including phenoxy) is 1. The standard InChI is InChI=1S/C18H36N4O3S/c1-14-10-15(2)12-16(11-14)22-18(19-3)20-7-9-26(23,24)21-13-17-6-4-5-8-25-17/h14-17,21H,4-13H2,1-3H3,(H2,19,20,22). The minimum absolute atomic E-state index is 0.0104. The normalized spacial score (nSPS) is 30.8. The van der Waals surface area contributed by atoms with Crippen LogP contribution in [0.25, 0.3) is 0 Å². The molecule has 0 amide bonds. The van der Waals surface area contributed by atoms with Crippen LogP contribution >= 0.6 is 0 Å². The van der Waals surface area contributed by atoms with Crippen molar-refractivity contribution in [1.82, 2.24) is 15.4 Å². The summed E-state index contributed by atoms with van der Waals surface area (Å²) in [6, 6.07) is 0.401. The molecule has 0 aromatic heterocycles. The van der Waals surface area contributed by atoms with E-state index >= 15 is 0 Å². The first-order valence-electron chi connectivity index (χ1n) is 9.94. The maximum Gasteiger partial charge on any atom is 0.213 e. The van der Waals surface area contributed by atoms with Gasteiger partial charge >= 0.3 is 0 Å². The molecular formula is C18H36N4O3S. The number of aliphatic imine (C=N–C) groups is 1. The number of hydrogen-bond acceptors (Lipinski definition) is 4. The summed E-state index contributed by atoms with van der Waals surface area (Å²) >= 11 is 0. The van der Waals surface area contributed by atoms with Gasteiger partial charge in [0, 0.05) is 32.8 Å². The van der Waals surface area contributed by atoms with Crippen molar-refractivity contribution in [3.05, 3.63) is 0 Å². The summed E-state index contributed by atoms with van der Waals surface area (Å²) < 4.78 is 32.5. The minimum atomic E-state index is -3.31. The number of guanidine groups is 1. The van der Waals surface area contributed by atoms with Gasteiger partial charge in [0.25, 0.3) is 0 Å². The van der Waals surface area contributed by atoms with Gasteiger partial charge in [0.15, 0.2) is 5.96 Å². The van der Waals surface area contributed by atoms with Gasteiger partial charge in [0.2, 0.25) is 10.0 Å². The summed E-state index contributed by atoms with van der Waals surface area (Å²) in [6.07, 6.45) is 6.65. The Bertz CT molecular complexity index is 537. The molecule has 0 bridgehead atoms. The molecule has 3 unspecified atom stereocenters. The van der Waals surface area contributed by atoms with Gasteiger partial charge < -0.3 is 15.4 Å². The Morgan fingerprint density at radius 3 is 2.50 bits per heavy atom. The molecule has 0 spiro atoms. The third-order valence-corrected chi connectivity index (χ3v) is 6.56. The summed E-state index contributed by atoms with van der Waals surface area (Å²) in [4.78, 5) is 4.23. The van der Waals surface area contributed by atoms with Crippen molar-refractivity contribution in [2.24, 2.45) is 16.8 Å². The summed E-state index contributed by atoms with van der Waals surface area (Å²) in [6.45, 7) is 6.00. The highest BCUT2D eigenvalue weighted by molar-refractivity contribution is 7.89. The molecule has 8 heteroatoms. The quantitative estimate of drug-likeness (QED) is 0.454. The lowest BCUT2D eigenvalue weighted by Crippen LogP contribution is -2.47. The maximum absolute atomic E-state index is 12.2. The Kier molecular flexibility index (Phi) is 8.63. The molecule has 2 fully saturated rings. The highest BCUT2D eigenvalue weighted by Crippen LogP contribution is 2.28. The predicted octanol–water partition coefficient (Wildman–Crippen LogP) is 1.46. The zero-order valence-electron chi connectivity index (χ0n) is 16.5. The van der Waals surface area contributed by atoms with E-state index in [1.54, 1.807) is 7.05 Å². The van der Waals surface area contributed by atoms with Crippen LogP contribution in [0.4, 0.5) is 0 Å². The molecule has 3 atom stereocenters. The second-order valence-corrected chi connectivity index (χ2v) is 9.84. The van der Waals surface area contributed by atoms with Crippen LogP contribution < -0.4 is 15.4 Å². The molecule has 1 saturated heterocycles. The van der Waals surface area contributed by atoms with Crippen LogP contribution in [0.5, 0.6) is 0 Å². The van der Waals surface area contributed by atoms with Crippen molar-refractivity contribution in [3.8, 4) is 0 Å². The SMILES string of the molecule is CN=C(NCCS(=O)(=O)NCC1CCCCO1)NC1CC(C)CC(C)C1.